The predicted octanol–water partition coefficient (Wildman–Crippen LogP) is 1.70. The zero-order valence-electron chi connectivity index (χ0n) is 4.13. The molecule has 0 aromatic heterocycles. The van der Waals surface area contributed by atoms with Crippen LogP contribution in [0, 0.1) is 0 Å². The summed E-state index contributed by atoms with van der Waals surface area (Å²) >= 11 is 15.9. The molecule has 1 nitrogen and oxygen atoms in total. The molecule has 0 rings (SSSR count). The van der Waals surface area contributed by atoms with Gasteiger partial charge in [0.1, 0.15) is 0 Å². The summed E-state index contributed by atoms with van der Waals surface area (Å²) in [5.41, 5.74) is 5.06. The molecule has 2 N–H and O–H groups in total. The van der Waals surface area contributed by atoms with Gasteiger partial charge in [-0.3, -0.25) is 0 Å². The third-order valence-electron chi connectivity index (χ3n) is 0.428. The van der Waals surface area contributed by atoms with E-state index in [1.165, 1.54) is 0 Å². The van der Waals surface area contributed by atoms with Crippen LogP contribution in [0.4, 0.5) is 0 Å². The van der Waals surface area contributed by atoms with Crippen molar-refractivity contribution in [1.82, 2.24) is 0 Å². The molecule has 48 valence electrons. The van der Waals surface area contributed by atoms with Gasteiger partial charge >= 0.3 is 0 Å². The molecule has 0 aliphatic heterocycles. The molecule has 8 heavy (non-hydrogen) atoms. The van der Waals surface area contributed by atoms with Crippen LogP contribution in [0.5, 0.6) is 0 Å². The number of rotatable bonds is 1. The van der Waals surface area contributed by atoms with Gasteiger partial charge in [0.25, 0.3) is 0 Å². The van der Waals surface area contributed by atoms with Gasteiger partial charge in [-0.15, -0.1) is 0 Å². The van der Waals surface area contributed by atoms with Gasteiger partial charge in [-0.1, -0.05) is 34.8 Å². The van der Waals surface area contributed by atoms with Crippen molar-refractivity contribution >= 4 is 34.8 Å². The van der Waals surface area contributed by atoms with Crippen LogP contribution in [0.2, 0.25) is 0 Å². The molecule has 0 amide bonds. The normalized spacial score (nSPS) is 10.5. The van der Waals surface area contributed by atoms with Crippen LogP contribution in [-0.4, -0.2) is 10.3 Å². The summed E-state index contributed by atoms with van der Waals surface area (Å²) in [4.78, 5) is 0. The van der Waals surface area contributed by atoms with Crippen LogP contribution in [0.15, 0.2) is 0 Å². The summed E-state index contributed by atoms with van der Waals surface area (Å²) in [5, 5.41) is 0. The average Bonchev–Trinajstić information content (AvgIpc) is 1.30. The molecule has 5 heteroatoms. The maximum atomic E-state index is 5.28. The average molecular weight is 210 g/mol. The minimum Gasteiger partial charge on any atom is -0.330 e. The Hall–Kier alpha value is 1.54. The van der Waals surface area contributed by atoms with Gasteiger partial charge in [0, 0.05) is 28.1 Å². The van der Waals surface area contributed by atoms with Crippen LogP contribution in [0.3, 0.4) is 0 Å². The Morgan fingerprint density at radius 2 is 1.62 bits per heavy atom. The topological polar surface area (TPSA) is 26.0 Å². The molecule has 0 unspecified atom stereocenters. The first-order valence-electron chi connectivity index (χ1n) is 1.83. The molecule has 0 fully saturated rings. The van der Waals surface area contributed by atoms with Gasteiger partial charge < -0.3 is 5.73 Å². The third kappa shape index (κ3) is 10.5. The Morgan fingerprint density at radius 3 is 1.62 bits per heavy atom. The standard InChI is InChI=1S/C3H6Cl3N.Ti/c4-3(5,6)1-2-7;/h1-2,7H2;. The van der Waals surface area contributed by atoms with Gasteiger partial charge in [-0.05, 0) is 6.54 Å². The maximum absolute atomic E-state index is 5.28. The van der Waals surface area contributed by atoms with E-state index < -0.39 is 3.79 Å². The first kappa shape index (κ1) is 12.2. The van der Waals surface area contributed by atoms with E-state index in [9.17, 15) is 0 Å². The molecular formula is C3H6Cl3NTi. The SMILES string of the molecule is NCCC(Cl)(Cl)Cl.[Ti]. The van der Waals surface area contributed by atoms with E-state index in [1.54, 1.807) is 0 Å². The summed E-state index contributed by atoms with van der Waals surface area (Å²) < 4.78 is -1.16. The molecule has 0 saturated heterocycles. The molecular weight excluding hydrogens is 204 g/mol. The fourth-order valence-corrected chi connectivity index (χ4v) is 0.491. The van der Waals surface area contributed by atoms with Gasteiger partial charge in [0.2, 0.25) is 0 Å². The summed E-state index contributed by atoms with van der Waals surface area (Å²) in [6.07, 6.45) is 0.414. The van der Waals surface area contributed by atoms with Crippen LogP contribution in [0.25, 0.3) is 0 Å². The van der Waals surface area contributed by atoms with Crippen molar-refractivity contribution in [3.8, 4) is 0 Å². The zero-order chi connectivity index (χ0) is 5.91. The molecule has 0 aromatic rings. The van der Waals surface area contributed by atoms with E-state index in [1.807, 2.05) is 0 Å². The molecule has 0 spiro atoms. The molecule has 0 aromatic carbocycles. The van der Waals surface area contributed by atoms with Crippen LogP contribution in [0.1, 0.15) is 6.42 Å². The van der Waals surface area contributed by atoms with E-state index >= 15 is 0 Å². The predicted molar refractivity (Wildman–Crippen MR) is 34.0 cm³/mol. The van der Waals surface area contributed by atoms with E-state index in [-0.39, 0.29) is 21.7 Å². The minimum absolute atomic E-state index is 0. The second kappa shape index (κ2) is 5.34. The quantitative estimate of drug-likeness (QED) is 0.517. The smallest absolute Gasteiger partial charge is 0.191 e. The molecule has 0 atom stereocenters. The van der Waals surface area contributed by atoms with E-state index in [0.717, 1.165) is 0 Å². The van der Waals surface area contributed by atoms with Crippen molar-refractivity contribution in [2.45, 2.75) is 10.2 Å². The monoisotopic (exact) mass is 209 g/mol. The Labute approximate surface area is 78.7 Å². The van der Waals surface area contributed by atoms with E-state index in [2.05, 4.69) is 0 Å². The van der Waals surface area contributed by atoms with Gasteiger partial charge in [0.05, 0.1) is 0 Å². The van der Waals surface area contributed by atoms with Gasteiger partial charge in [-0.2, -0.15) is 0 Å². The van der Waals surface area contributed by atoms with Gasteiger partial charge in [0.15, 0.2) is 3.79 Å². The summed E-state index contributed by atoms with van der Waals surface area (Å²) in [7, 11) is 0. The van der Waals surface area contributed by atoms with Crippen molar-refractivity contribution in [3.05, 3.63) is 0 Å². The molecule has 0 bridgehead atoms. The van der Waals surface area contributed by atoms with Crippen LogP contribution in [-0.2, 0) is 21.7 Å². The fourth-order valence-electron chi connectivity index (χ4n) is 0.164. The number of hydrogen-bond donors (Lipinski definition) is 1. The zero-order valence-corrected chi connectivity index (χ0v) is 7.95. The van der Waals surface area contributed by atoms with E-state index in [4.69, 9.17) is 40.5 Å². The molecule has 0 aliphatic rings. The van der Waals surface area contributed by atoms with Crippen LogP contribution >= 0.6 is 34.8 Å². The number of halogens is 3. The fraction of sp³-hybridized carbons (Fsp3) is 1.00. The minimum atomic E-state index is -1.16. The van der Waals surface area contributed by atoms with Gasteiger partial charge in [-0.25, -0.2) is 0 Å². The van der Waals surface area contributed by atoms with Crippen molar-refractivity contribution in [3.63, 3.8) is 0 Å². The van der Waals surface area contributed by atoms with E-state index in [0.29, 0.717) is 13.0 Å². The Balaban J connectivity index is 0. The second-order valence-corrected chi connectivity index (χ2v) is 3.67. The first-order chi connectivity index (χ1) is 3.06. The Bertz CT molecular complexity index is 53.0. The largest absolute Gasteiger partial charge is 0.330 e. The second-order valence-electron chi connectivity index (χ2n) is 1.15. The third-order valence-corrected chi connectivity index (χ3v) is 0.995. The summed E-state index contributed by atoms with van der Waals surface area (Å²) in [6.45, 7) is 0.413. The number of nitrogens with two attached hydrogens (primary N) is 1. The molecule has 0 radical (unpaired) electrons. The summed E-state index contributed by atoms with van der Waals surface area (Å²) in [6, 6.07) is 0. The Kier molecular flexibility index (Phi) is 8.17. The molecule has 0 aliphatic carbocycles. The molecule has 0 saturated carbocycles. The Morgan fingerprint density at radius 1 is 1.25 bits per heavy atom. The molecule has 0 heterocycles. The summed E-state index contributed by atoms with van der Waals surface area (Å²) in [5.74, 6) is 0. The van der Waals surface area contributed by atoms with Crippen molar-refractivity contribution in [2.24, 2.45) is 5.73 Å². The number of alkyl halides is 3. The van der Waals surface area contributed by atoms with Crippen LogP contribution < -0.4 is 5.73 Å². The van der Waals surface area contributed by atoms with Crippen molar-refractivity contribution < 1.29 is 21.7 Å². The van der Waals surface area contributed by atoms with Crippen molar-refractivity contribution in [1.29, 1.82) is 0 Å². The number of hydrogen-bond acceptors (Lipinski definition) is 1. The maximum Gasteiger partial charge on any atom is 0.191 e. The van der Waals surface area contributed by atoms with Crippen molar-refractivity contribution in [2.75, 3.05) is 6.54 Å². The first-order valence-corrected chi connectivity index (χ1v) is 2.96.